The Morgan fingerprint density at radius 3 is 2.80 bits per heavy atom. The highest BCUT2D eigenvalue weighted by molar-refractivity contribution is 6.31. The molecule has 2 rings (SSSR count). The van der Waals surface area contributed by atoms with Gasteiger partial charge in [0.05, 0.1) is 18.9 Å². The summed E-state index contributed by atoms with van der Waals surface area (Å²) in [5.74, 6) is 0.580. The number of hydrogen-bond donors (Lipinski definition) is 2. The van der Waals surface area contributed by atoms with Crippen LogP contribution in [-0.4, -0.2) is 23.7 Å². The average molecular weight is 293 g/mol. The fraction of sp³-hybridized carbons (Fsp3) is 0.267. The van der Waals surface area contributed by atoms with Gasteiger partial charge >= 0.3 is 0 Å². The first-order chi connectivity index (χ1) is 9.70. The van der Waals surface area contributed by atoms with Gasteiger partial charge in [0.2, 0.25) is 5.88 Å². The molecule has 106 valence electrons. The predicted molar refractivity (Wildman–Crippen MR) is 78.9 cm³/mol. The molecule has 0 spiro atoms. The number of rotatable bonds is 6. The van der Waals surface area contributed by atoms with E-state index < -0.39 is 6.10 Å². The molecule has 1 aromatic heterocycles. The largest absolute Gasteiger partial charge is 0.481 e. The molecule has 2 N–H and O–H groups in total. The van der Waals surface area contributed by atoms with Crippen molar-refractivity contribution in [3.8, 4) is 5.88 Å². The van der Waals surface area contributed by atoms with Crippen molar-refractivity contribution in [3.63, 3.8) is 0 Å². The Bertz CT molecular complexity index is 563. The maximum Gasteiger partial charge on any atom is 0.213 e. The molecule has 1 heterocycles. The number of hydrogen-bond acceptors (Lipinski definition) is 4. The predicted octanol–water partition coefficient (Wildman–Crippen LogP) is 2.57. The molecule has 1 atom stereocenters. The Balaban J connectivity index is 1.88. The zero-order valence-electron chi connectivity index (χ0n) is 11.2. The van der Waals surface area contributed by atoms with Crippen molar-refractivity contribution < 1.29 is 9.84 Å². The highest BCUT2D eigenvalue weighted by Crippen LogP contribution is 2.21. The van der Waals surface area contributed by atoms with E-state index in [4.69, 9.17) is 16.3 Å². The standard InChI is InChI=1S/C15H17ClN2O2/c1-20-15-8-4-5-11(18-15)9-17-10-14(19)12-6-2-3-7-13(12)16/h2-8,14,17,19H,9-10H2,1H3. The highest BCUT2D eigenvalue weighted by atomic mass is 35.5. The lowest BCUT2D eigenvalue weighted by molar-refractivity contribution is 0.174. The van der Waals surface area contributed by atoms with Crippen LogP contribution in [0.25, 0.3) is 0 Å². The van der Waals surface area contributed by atoms with E-state index in [1.165, 1.54) is 0 Å². The third-order valence-corrected chi connectivity index (χ3v) is 3.24. The Labute approximate surface area is 123 Å². The van der Waals surface area contributed by atoms with Crippen molar-refractivity contribution in [3.05, 3.63) is 58.7 Å². The summed E-state index contributed by atoms with van der Waals surface area (Å²) in [6.45, 7) is 0.960. The van der Waals surface area contributed by atoms with Gasteiger partial charge in [-0.05, 0) is 12.1 Å². The first kappa shape index (κ1) is 14.8. The molecule has 4 nitrogen and oxygen atoms in total. The van der Waals surface area contributed by atoms with E-state index in [9.17, 15) is 5.11 Å². The fourth-order valence-electron chi connectivity index (χ4n) is 1.86. The third-order valence-electron chi connectivity index (χ3n) is 2.90. The third kappa shape index (κ3) is 3.93. The van der Waals surface area contributed by atoms with Gasteiger partial charge in [-0.3, -0.25) is 0 Å². The number of aliphatic hydroxyl groups is 1. The van der Waals surface area contributed by atoms with Crippen LogP contribution in [0.3, 0.4) is 0 Å². The van der Waals surface area contributed by atoms with Crippen LogP contribution in [0.1, 0.15) is 17.4 Å². The average Bonchev–Trinajstić information content (AvgIpc) is 2.48. The SMILES string of the molecule is COc1cccc(CNCC(O)c2ccccc2Cl)n1. The van der Waals surface area contributed by atoms with Gasteiger partial charge in [0.1, 0.15) is 0 Å². The smallest absolute Gasteiger partial charge is 0.213 e. The van der Waals surface area contributed by atoms with Crippen LogP contribution in [0.4, 0.5) is 0 Å². The number of methoxy groups -OCH3 is 1. The van der Waals surface area contributed by atoms with Gasteiger partial charge in [-0.15, -0.1) is 0 Å². The Morgan fingerprint density at radius 2 is 2.05 bits per heavy atom. The van der Waals surface area contributed by atoms with Gasteiger partial charge in [0.25, 0.3) is 0 Å². The monoisotopic (exact) mass is 292 g/mol. The minimum absolute atomic E-state index is 0.405. The molecule has 2 aromatic rings. The van der Waals surface area contributed by atoms with Gasteiger partial charge in [0, 0.05) is 29.7 Å². The Kier molecular flexibility index (Phi) is 5.35. The first-order valence-corrected chi connectivity index (χ1v) is 6.71. The molecule has 5 heteroatoms. The number of nitrogens with zero attached hydrogens (tertiary/aromatic N) is 1. The Hall–Kier alpha value is -1.62. The van der Waals surface area contributed by atoms with E-state index in [1.807, 2.05) is 30.3 Å². The van der Waals surface area contributed by atoms with Crippen LogP contribution < -0.4 is 10.1 Å². The maximum atomic E-state index is 10.1. The van der Waals surface area contributed by atoms with E-state index >= 15 is 0 Å². The number of pyridine rings is 1. The molecule has 0 amide bonds. The number of halogens is 1. The van der Waals surface area contributed by atoms with Crippen LogP contribution in [0.15, 0.2) is 42.5 Å². The zero-order chi connectivity index (χ0) is 14.4. The molecule has 0 bridgehead atoms. The van der Waals surface area contributed by atoms with E-state index in [0.29, 0.717) is 24.0 Å². The maximum absolute atomic E-state index is 10.1. The topological polar surface area (TPSA) is 54.4 Å². The van der Waals surface area contributed by atoms with Crippen molar-refractivity contribution >= 4 is 11.6 Å². The summed E-state index contributed by atoms with van der Waals surface area (Å²) in [4.78, 5) is 4.29. The van der Waals surface area contributed by atoms with Crippen LogP contribution in [0.5, 0.6) is 5.88 Å². The summed E-state index contributed by atoms with van der Waals surface area (Å²) in [6.07, 6.45) is -0.644. The van der Waals surface area contributed by atoms with Crippen LogP contribution in [0, 0.1) is 0 Å². The summed E-state index contributed by atoms with van der Waals surface area (Å²) in [5, 5.41) is 13.8. The lowest BCUT2D eigenvalue weighted by Crippen LogP contribution is -2.21. The number of benzene rings is 1. The van der Waals surface area contributed by atoms with Crippen molar-refractivity contribution in [2.45, 2.75) is 12.6 Å². The number of nitrogens with one attached hydrogen (secondary N) is 1. The summed E-state index contributed by atoms with van der Waals surface area (Å²) < 4.78 is 5.06. The summed E-state index contributed by atoms with van der Waals surface area (Å²) >= 11 is 6.04. The van der Waals surface area contributed by atoms with Crippen molar-refractivity contribution in [1.82, 2.24) is 10.3 Å². The lowest BCUT2D eigenvalue weighted by atomic mass is 10.1. The van der Waals surface area contributed by atoms with E-state index in [1.54, 1.807) is 19.2 Å². The molecular weight excluding hydrogens is 276 g/mol. The van der Waals surface area contributed by atoms with E-state index in [-0.39, 0.29) is 0 Å². The minimum atomic E-state index is -0.644. The minimum Gasteiger partial charge on any atom is -0.481 e. The first-order valence-electron chi connectivity index (χ1n) is 6.34. The van der Waals surface area contributed by atoms with Gasteiger partial charge in [0.15, 0.2) is 0 Å². The highest BCUT2D eigenvalue weighted by Gasteiger charge is 2.10. The zero-order valence-corrected chi connectivity index (χ0v) is 12.0. The van der Waals surface area contributed by atoms with Gasteiger partial charge < -0.3 is 15.2 Å². The summed E-state index contributed by atoms with van der Waals surface area (Å²) in [7, 11) is 1.58. The van der Waals surface area contributed by atoms with Crippen molar-refractivity contribution in [2.24, 2.45) is 0 Å². The Morgan fingerprint density at radius 1 is 1.25 bits per heavy atom. The number of aromatic nitrogens is 1. The van der Waals surface area contributed by atoms with Gasteiger partial charge in [-0.1, -0.05) is 35.9 Å². The second kappa shape index (κ2) is 7.24. The molecule has 0 saturated heterocycles. The molecular formula is C15H17ClN2O2. The van der Waals surface area contributed by atoms with Gasteiger partial charge in [-0.2, -0.15) is 0 Å². The lowest BCUT2D eigenvalue weighted by Gasteiger charge is -2.13. The molecule has 0 aliphatic rings. The van der Waals surface area contributed by atoms with E-state index in [0.717, 1.165) is 11.3 Å². The quantitative estimate of drug-likeness (QED) is 0.859. The summed E-state index contributed by atoms with van der Waals surface area (Å²) in [6, 6.07) is 12.9. The molecule has 0 aliphatic carbocycles. The van der Waals surface area contributed by atoms with Crippen molar-refractivity contribution in [1.29, 1.82) is 0 Å². The van der Waals surface area contributed by atoms with Crippen LogP contribution in [0.2, 0.25) is 5.02 Å². The molecule has 20 heavy (non-hydrogen) atoms. The molecule has 1 aromatic carbocycles. The molecule has 0 saturated carbocycles. The second-order valence-corrected chi connectivity index (χ2v) is 4.75. The van der Waals surface area contributed by atoms with Crippen molar-refractivity contribution in [2.75, 3.05) is 13.7 Å². The molecule has 0 aliphatic heterocycles. The summed E-state index contributed by atoms with van der Waals surface area (Å²) in [5.41, 5.74) is 1.58. The molecule has 1 unspecified atom stereocenters. The normalized spacial score (nSPS) is 12.2. The molecule has 0 radical (unpaired) electrons. The number of ether oxygens (including phenoxy) is 1. The van der Waals surface area contributed by atoms with Crippen LogP contribution >= 0.6 is 11.6 Å². The second-order valence-electron chi connectivity index (χ2n) is 4.34. The van der Waals surface area contributed by atoms with Crippen LogP contribution in [-0.2, 0) is 6.54 Å². The fourth-order valence-corrected chi connectivity index (χ4v) is 2.12. The number of aliphatic hydroxyl groups excluding tert-OH is 1. The van der Waals surface area contributed by atoms with Gasteiger partial charge in [-0.25, -0.2) is 4.98 Å². The van der Waals surface area contributed by atoms with E-state index in [2.05, 4.69) is 10.3 Å². The molecule has 0 fully saturated rings.